The fourth-order valence-electron chi connectivity index (χ4n) is 3.32. The summed E-state index contributed by atoms with van der Waals surface area (Å²) >= 11 is 12.0. The number of nitrogens with one attached hydrogen (secondary N) is 1. The molecule has 0 aromatic heterocycles. The van der Waals surface area contributed by atoms with Crippen LogP contribution in [0.15, 0.2) is 72.3 Å². The summed E-state index contributed by atoms with van der Waals surface area (Å²) in [6.45, 7) is 2.64. The Hall–Kier alpha value is -2.77. The number of hydrogen-bond acceptors (Lipinski definition) is 3. The minimum absolute atomic E-state index is 0.0747. The molecule has 3 rings (SSSR count). The van der Waals surface area contributed by atoms with Crippen LogP contribution in [-0.4, -0.2) is 24.6 Å². The number of allylic oxidation sites excluding steroid dienone is 4. The second-order valence-corrected chi connectivity index (χ2v) is 8.68. The van der Waals surface area contributed by atoms with Crippen LogP contribution in [0.5, 0.6) is 0 Å². The first-order valence-corrected chi connectivity index (χ1v) is 11.1. The fourth-order valence-corrected chi connectivity index (χ4v) is 3.57. The molecule has 0 saturated heterocycles. The molecule has 34 heavy (non-hydrogen) atoms. The van der Waals surface area contributed by atoms with Gasteiger partial charge in [0.1, 0.15) is 5.97 Å². The van der Waals surface area contributed by atoms with Gasteiger partial charge in [0.25, 0.3) is 0 Å². The van der Waals surface area contributed by atoms with Gasteiger partial charge < -0.3 is 15.2 Å². The molecule has 2 aromatic rings. The first kappa shape index (κ1) is 27.5. The van der Waals surface area contributed by atoms with Crippen LogP contribution in [0.3, 0.4) is 0 Å². The van der Waals surface area contributed by atoms with Gasteiger partial charge in [0.2, 0.25) is 5.91 Å². The molecule has 0 spiro atoms. The van der Waals surface area contributed by atoms with Gasteiger partial charge >= 0.3 is 6.18 Å². The normalized spacial score (nSPS) is 15.7. The standard InChI is InChI=1S/C23H23Cl2NO.C2HF3O2/c1-16-2-3-18(12-16)14-23(27)26-15-20(19-6-10-22(25)11-7-19)13-17-4-8-21(24)9-5-17;3-2(4,5)1(6)7/h2-12,18,20H,13-15H2,1H3,(H,26,27);(H,6,7)/p-1/t18?,20-;/m0./s1. The maximum absolute atomic E-state index is 12.4. The van der Waals surface area contributed by atoms with E-state index < -0.39 is 12.1 Å². The highest BCUT2D eigenvalue weighted by Gasteiger charge is 2.28. The summed E-state index contributed by atoms with van der Waals surface area (Å²) in [5.41, 5.74) is 3.56. The predicted molar refractivity (Wildman–Crippen MR) is 124 cm³/mol. The quantitative estimate of drug-likeness (QED) is 0.550. The van der Waals surface area contributed by atoms with Gasteiger partial charge in [0, 0.05) is 34.8 Å². The van der Waals surface area contributed by atoms with Gasteiger partial charge in [-0.25, -0.2) is 0 Å². The zero-order valence-corrected chi connectivity index (χ0v) is 19.8. The van der Waals surface area contributed by atoms with Crippen molar-refractivity contribution < 1.29 is 27.9 Å². The highest BCUT2D eigenvalue weighted by molar-refractivity contribution is 6.30. The number of aliphatic carboxylic acids is 1. The highest BCUT2D eigenvalue weighted by Crippen LogP contribution is 2.24. The van der Waals surface area contributed by atoms with Crippen molar-refractivity contribution in [3.63, 3.8) is 0 Å². The molecule has 0 fully saturated rings. The van der Waals surface area contributed by atoms with Gasteiger partial charge in [-0.2, -0.15) is 13.2 Å². The lowest BCUT2D eigenvalue weighted by molar-refractivity contribution is -0.344. The van der Waals surface area contributed by atoms with E-state index in [1.807, 2.05) is 48.5 Å². The lowest BCUT2D eigenvalue weighted by Gasteiger charge is -2.19. The van der Waals surface area contributed by atoms with Gasteiger partial charge in [-0.05, 0) is 48.7 Å². The van der Waals surface area contributed by atoms with E-state index in [0.717, 1.165) is 17.0 Å². The molecule has 1 amide bonds. The Morgan fingerprint density at radius 3 is 2.03 bits per heavy atom. The Balaban J connectivity index is 0.000000509. The second-order valence-electron chi connectivity index (χ2n) is 7.81. The van der Waals surface area contributed by atoms with Crippen molar-refractivity contribution in [2.24, 2.45) is 5.92 Å². The molecule has 9 heteroatoms. The Morgan fingerprint density at radius 1 is 1.03 bits per heavy atom. The van der Waals surface area contributed by atoms with E-state index in [1.165, 1.54) is 11.1 Å². The lowest BCUT2D eigenvalue weighted by atomic mass is 9.91. The molecular weight excluding hydrogens is 490 g/mol. The van der Waals surface area contributed by atoms with E-state index in [2.05, 4.69) is 30.5 Å². The van der Waals surface area contributed by atoms with E-state index in [1.54, 1.807) is 0 Å². The van der Waals surface area contributed by atoms with E-state index in [0.29, 0.717) is 18.0 Å². The third-order valence-electron chi connectivity index (χ3n) is 5.02. The van der Waals surface area contributed by atoms with Gasteiger partial charge in [-0.15, -0.1) is 0 Å². The molecule has 0 bridgehead atoms. The van der Waals surface area contributed by atoms with E-state index in [-0.39, 0.29) is 17.7 Å². The molecular formula is C25H23Cl2F3NO3-. The Morgan fingerprint density at radius 2 is 1.56 bits per heavy atom. The van der Waals surface area contributed by atoms with Crippen LogP contribution < -0.4 is 10.4 Å². The van der Waals surface area contributed by atoms with Crippen LogP contribution in [0.2, 0.25) is 10.0 Å². The molecule has 0 heterocycles. The van der Waals surface area contributed by atoms with Crippen molar-refractivity contribution in [1.82, 2.24) is 5.32 Å². The number of amides is 1. The number of halogens is 5. The monoisotopic (exact) mass is 512 g/mol. The van der Waals surface area contributed by atoms with Crippen molar-refractivity contribution in [3.05, 3.63) is 93.5 Å². The number of carbonyl (C=O) groups is 2. The summed E-state index contributed by atoms with van der Waals surface area (Å²) in [6, 6.07) is 15.7. The van der Waals surface area contributed by atoms with Gasteiger partial charge in [0.15, 0.2) is 0 Å². The number of carbonyl (C=O) groups excluding carboxylic acids is 2. The van der Waals surface area contributed by atoms with Crippen molar-refractivity contribution in [3.8, 4) is 0 Å². The number of hydrogen-bond donors (Lipinski definition) is 1. The second kappa shape index (κ2) is 12.6. The maximum atomic E-state index is 12.4. The summed E-state index contributed by atoms with van der Waals surface area (Å²) in [4.78, 5) is 21.2. The third kappa shape index (κ3) is 9.61. The van der Waals surface area contributed by atoms with Crippen LogP contribution in [0.1, 0.15) is 30.4 Å². The summed E-state index contributed by atoms with van der Waals surface area (Å²) in [5.74, 6) is -2.56. The van der Waals surface area contributed by atoms with E-state index >= 15 is 0 Å². The number of carboxylic acid groups (broad SMARTS) is 1. The largest absolute Gasteiger partial charge is 0.542 e. The van der Waals surface area contributed by atoms with Crippen LogP contribution in [0, 0.1) is 5.92 Å². The van der Waals surface area contributed by atoms with Gasteiger partial charge in [-0.3, -0.25) is 4.79 Å². The first-order valence-electron chi connectivity index (χ1n) is 10.4. The molecule has 1 aliphatic rings. The summed E-state index contributed by atoms with van der Waals surface area (Å²) < 4.78 is 31.5. The average molecular weight is 513 g/mol. The van der Waals surface area contributed by atoms with Crippen molar-refractivity contribution in [2.45, 2.75) is 31.9 Å². The lowest BCUT2D eigenvalue weighted by Crippen LogP contribution is -2.37. The molecule has 182 valence electrons. The van der Waals surface area contributed by atoms with E-state index in [4.69, 9.17) is 33.1 Å². The number of alkyl halides is 3. The molecule has 1 N–H and O–H groups in total. The zero-order valence-electron chi connectivity index (χ0n) is 18.2. The van der Waals surface area contributed by atoms with Gasteiger partial charge in [-0.1, -0.05) is 71.3 Å². The Kier molecular flexibility index (Phi) is 10.2. The van der Waals surface area contributed by atoms with Crippen LogP contribution in [0.25, 0.3) is 0 Å². The van der Waals surface area contributed by atoms with Crippen molar-refractivity contribution >= 4 is 35.1 Å². The van der Waals surface area contributed by atoms with Crippen LogP contribution in [-0.2, 0) is 16.0 Å². The van der Waals surface area contributed by atoms with E-state index in [9.17, 15) is 18.0 Å². The number of rotatable bonds is 7. The summed E-state index contributed by atoms with van der Waals surface area (Å²) in [6.07, 6.45) is 2.39. The number of benzene rings is 2. The number of carboxylic acids is 1. The maximum Gasteiger partial charge on any atom is 0.430 e. The molecule has 1 aliphatic carbocycles. The van der Waals surface area contributed by atoms with Crippen molar-refractivity contribution in [2.75, 3.05) is 6.54 Å². The minimum atomic E-state index is -5.19. The molecule has 1 unspecified atom stereocenters. The minimum Gasteiger partial charge on any atom is -0.542 e. The third-order valence-corrected chi connectivity index (χ3v) is 5.52. The summed E-state index contributed by atoms with van der Waals surface area (Å²) in [7, 11) is 0. The molecule has 4 nitrogen and oxygen atoms in total. The zero-order chi connectivity index (χ0) is 25.3. The molecule has 0 aliphatic heterocycles. The van der Waals surface area contributed by atoms with Crippen molar-refractivity contribution in [1.29, 1.82) is 0 Å². The van der Waals surface area contributed by atoms with Crippen LogP contribution in [0.4, 0.5) is 13.2 Å². The smallest absolute Gasteiger partial charge is 0.430 e. The summed E-state index contributed by atoms with van der Waals surface area (Å²) in [5, 5.41) is 13.3. The Bertz CT molecular complexity index is 1030. The molecule has 2 atom stereocenters. The predicted octanol–water partition coefficient (Wildman–Crippen LogP) is 5.26. The Labute approximate surface area is 206 Å². The molecule has 0 radical (unpaired) electrons. The van der Waals surface area contributed by atoms with Crippen LogP contribution >= 0.6 is 23.2 Å². The van der Waals surface area contributed by atoms with Gasteiger partial charge in [0.05, 0.1) is 0 Å². The highest BCUT2D eigenvalue weighted by atomic mass is 35.5. The average Bonchev–Trinajstić information content (AvgIpc) is 3.17. The fraction of sp³-hybridized carbons (Fsp3) is 0.280. The molecule has 2 aromatic carbocycles. The topological polar surface area (TPSA) is 69.2 Å². The first-order chi connectivity index (χ1) is 15.9. The SMILES string of the molecule is CC1=CC(CC(=O)NC[C@H](Cc2ccc(Cl)cc2)c2ccc(Cl)cc2)C=C1.O=C([O-])C(F)(F)F. The molecule has 0 saturated carbocycles.